The van der Waals surface area contributed by atoms with E-state index in [9.17, 15) is 23.3 Å². The van der Waals surface area contributed by atoms with Crippen molar-refractivity contribution in [2.45, 2.75) is 38.8 Å². The van der Waals surface area contributed by atoms with Gasteiger partial charge in [0.15, 0.2) is 0 Å². The first-order valence-corrected chi connectivity index (χ1v) is 12.9. The number of sulfonamides is 1. The topological polar surface area (TPSA) is 113 Å². The van der Waals surface area contributed by atoms with Crippen LogP contribution in [0.2, 0.25) is 0 Å². The van der Waals surface area contributed by atoms with E-state index in [-0.39, 0.29) is 36.7 Å². The summed E-state index contributed by atoms with van der Waals surface area (Å²) < 4.78 is 25.5. The number of amides is 1. The van der Waals surface area contributed by atoms with E-state index in [0.29, 0.717) is 6.54 Å². The van der Waals surface area contributed by atoms with Crippen LogP contribution >= 0.6 is 0 Å². The Morgan fingerprint density at radius 1 is 1.12 bits per heavy atom. The number of carbonyl (C=O) groups excluding carboxylic acids is 1. The fourth-order valence-electron chi connectivity index (χ4n) is 3.96. The summed E-state index contributed by atoms with van der Waals surface area (Å²) in [4.78, 5) is 25.2. The lowest BCUT2D eigenvalue weighted by Gasteiger charge is -2.22. The van der Waals surface area contributed by atoms with Crippen LogP contribution in [0.15, 0.2) is 48.5 Å². The minimum atomic E-state index is -3.65. The van der Waals surface area contributed by atoms with E-state index in [1.165, 1.54) is 42.7 Å². The molecule has 0 atom stereocenters. The van der Waals surface area contributed by atoms with Gasteiger partial charge in [-0.2, -0.15) is 0 Å². The van der Waals surface area contributed by atoms with Crippen LogP contribution in [0.4, 0.5) is 11.4 Å². The fourth-order valence-corrected chi connectivity index (χ4v) is 4.91. The van der Waals surface area contributed by atoms with E-state index in [1.54, 1.807) is 0 Å². The molecular weight excluding hydrogens is 444 g/mol. The zero-order valence-corrected chi connectivity index (χ0v) is 19.6. The van der Waals surface area contributed by atoms with Gasteiger partial charge in [-0.1, -0.05) is 30.3 Å². The number of hydrogen-bond donors (Lipinski definition) is 1. The minimum Gasteiger partial charge on any atom is -0.352 e. The molecule has 1 heterocycles. The Morgan fingerprint density at radius 3 is 2.52 bits per heavy atom. The molecule has 0 saturated carbocycles. The highest BCUT2D eigenvalue weighted by Gasteiger charge is 2.20. The molecule has 0 aromatic heterocycles. The van der Waals surface area contributed by atoms with Crippen molar-refractivity contribution in [2.24, 2.45) is 0 Å². The third kappa shape index (κ3) is 7.54. The molecule has 3 rings (SSSR count). The Kier molecular flexibility index (Phi) is 8.40. The number of benzene rings is 2. The van der Waals surface area contributed by atoms with Crippen molar-refractivity contribution in [1.29, 1.82) is 0 Å². The average molecular weight is 475 g/mol. The predicted octanol–water partition coefficient (Wildman–Crippen LogP) is 3.05. The summed E-state index contributed by atoms with van der Waals surface area (Å²) in [7, 11) is -3.65. The molecule has 2 aromatic carbocycles. The van der Waals surface area contributed by atoms with Crippen molar-refractivity contribution in [2.75, 3.05) is 30.2 Å². The normalized spacial score (nSPS) is 14.2. The third-order valence-electron chi connectivity index (χ3n) is 5.58. The fraction of sp³-hybridized carbons (Fsp3) is 0.435. The van der Waals surface area contributed by atoms with Gasteiger partial charge >= 0.3 is 0 Å². The first-order valence-electron chi connectivity index (χ1n) is 11.0. The molecule has 1 N–H and O–H groups in total. The van der Waals surface area contributed by atoms with Gasteiger partial charge in [0.25, 0.3) is 5.69 Å². The zero-order valence-electron chi connectivity index (χ0n) is 18.8. The van der Waals surface area contributed by atoms with Crippen LogP contribution in [0, 0.1) is 10.1 Å². The van der Waals surface area contributed by atoms with E-state index < -0.39 is 14.9 Å². The van der Waals surface area contributed by atoms with Gasteiger partial charge in [0.2, 0.25) is 15.9 Å². The number of carbonyl (C=O) groups is 1. The number of nitrogens with zero attached hydrogens (tertiary/aromatic N) is 3. The highest BCUT2D eigenvalue weighted by Crippen LogP contribution is 2.23. The van der Waals surface area contributed by atoms with Gasteiger partial charge in [0, 0.05) is 38.2 Å². The summed E-state index contributed by atoms with van der Waals surface area (Å²) in [5.74, 6) is -0.174. The molecule has 1 fully saturated rings. The van der Waals surface area contributed by atoms with Crippen LogP contribution in [-0.4, -0.2) is 50.0 Å². The maximum Gasteiger partial charge on any atom is 0.271 e. The molecule has 2 aromatic rings. The van der Waals surface area contributed by atoms with Crippen molar-refractivity contribution in [3.05, 3.63) is 69.8 Å². The molecule has 0 bridgehead atoms. The Hall–Kier alpha value is -2.98. The SMILES string of the molecule is CS(=O)(=O)N(CCCC(=O)NCc1cccc(CN2CCCC2)c1)c1cccc([N+](=O)[O-])c1. The third-order valence-corrected chi connectivity index (χ3v) is 6.77. The molecular formula is C23H30N4O5S. The number of hydrogen-bond acceptors (Lipinski definition) is 6. The van der Waals surface area contributed by atoms with E-state index in [2.05, 4.69) is 22.3 Å². The van der Waals surface area contributed by atoms with Gasteiger partial charge in [-0.15, -0.1) is 0 Å². The largest absolute Gasteiger partial charge is 0.352 e. The highest BCUT2D eigenvalue weighted by molar-refractivity contribution is 7.92. The number of nitrogens with one attached hydrogen (secondary N) is 1. The Bertz CT molecular complexity index is 1080. The van der Waals surface area contributed by atoms with E-state index in [1.807, 2.05) is 12.1 Å². The van der Waals surface area contributed by atoms with Gasteiger partial charge in [-0.3, -0.25) is 24.1 Å². The molecule has 0 unspecified atom stereocenters. The lowest BCUT2D eigenvalue weighted by atomic mass is 10.1. The van der Waals surface area contributed by atoms with Gasteiger partial charge < -0.3 is 5.32 Å². The van der Waals surface area contributed by atoms with Crippen molar-refractivity contribution < 1.29 is 18.1 Å². The van der Waals surface area contributed by atoms with E-state index in [0.717, 1.165) is 35.8 Å². The van der Waals surface area contributed by atoms with E-state index >= 15 is 0 Å². The second-order valence-corrected chi connectivity index (χ2v) is 10.2. The zero-order chi connectivity index (χ0) is 23.8. The van der Waals surface area contributed by atoms with Gasteiger partial charge in [-0.25, -0.2) is 8.42 Å². The Labute approximate surface area is 194 Å². The summed E-state index contributed by atoms with van der Waals surface area (Å²) in [6, 6.07) is 13.6. The predicted molar refractivity (Wildman–Crippen MR) is 127 cm³/mol. The molecule has 178 valence electrons. The Balaban J connectivity index is 1.50. The number of non-ortho nitro benzene ring substituents is 1. The average Bonchev–Trinajstić information content (AvgIpc) is 3.28. The minimum absolute atomic E-state index is 0.0543. The number of rotatable bonds is 11. The van der Waals surface area contributed by atoms with Gasteiger partial charge in [0.05, 0.1) is 16.9 Å². The molecule has 0 aliphatic carbocycles. The number of likely N-dealkylation sites (tertiary alicyclic amines) is 1. The molecule has 33 heavy (non-hydrogen) atoms. The Morgan fingerprint density at radius 2 is 1.82 bits per heavy atom. The molecule has 1 aliphatic heterocycles. The van der Waals surface area contributed by atoms with Crippen LogP contribution in [-0.2, 0) is 27.9 Å². The van der Waals surface area contributed by atoms with Crippen molar-refractivity contribution in [1.82, 2.24) is 10.2 Å². The smallest absolute Gasteiger partial charge is 0.271 e. The second-order valence-electron chi connectivity index (χ2n) is 8.30. The summed E-state index contributed by atoms with van der Waals surface area (Å²) in [6.07, 6.45) is 3.97. The molecule has 9 nitrogen and oxygen atoms in total. The quantitative estimate of drug-likeness (QED) is 0.396. The monoisotopic (exact) mass is 474 g/mol. The summed E-state index contributed by atoms with van der Waals surface area (Å²) >= 11 is 0. The molecule has 1 amide bonds. The highest BCUT2D eigenvalue weighted by atomic mass is 32.2. The lowest BCUT2D eigenvalue weighted by Crippen LogP contribution is -2.32. The maximum absolute atomic E-state index is 12.3. The van der Waals surface area contributed by atoms with Gasteiger partial charge in [-0.05, 0) is 49.5 Å². The number of nitro groups is 1. The lowest BCUT2D eigenvalue weighted by molar-refractivity contribution is -0.384. The van der Waals surface area contributed by atoms with Crippen molar-refractivity contribution in [3.8, 4) is 0 Å². The molecule has 1 saturated heterocycles. The molecule has 0 radical (unpaired) electrons. The van der Waals surface area contributed by atoms with Crippen molar-refractivity contribution in [3.63, 3.8) is 0 Å². The first kappa shape index (κ1) is 24.7. The van der Waals surface area contributed by atoms with Crippen LogP contribution in [0.5, 0.6) is 0 Å². The molecule has 1 aliphatic rings. The van der Waals surface area contributed by atoms with E-state index in [4.69, 9.17) is 0 Å². The number of nitro benzene ring substituents is 1. The summed E-state index contributed by atoms with van der Waals surface area (Å²) in [6.45, 7) is 3.64. The van der Waals surface area contributed by atoms with Gasteiger partial charge in [0.1, 0.15) is 0 Å². The summed E-state index contributed by atoms with van der Waals surface area (Å²) in [5.41, 5.74) is 2.27. The van der Waals surface area contributed by atoms with Crippen LogP contribution < -0.4 is 9.62 Å². The van der Waals surface area contributed by atoms with Crippen LogP contribution in [0.1, 0.15) is 36.8 Å². The first-order chi connectivity index (χ1) is 15.7. The molecule has 0 spiro atoms. The molecule has 10 heteroatoms. The summed E-state index contributed by atoms with van der Waals surface area (Å²) in [5, 5.41) is 13.9. The van der Waals surface area contributed by atoms with Crippen LogP contribution in [0.25, 0.3) is 0 Å². The maximum atomic E-state index is 12.3. The number of anilines is 1. The standard InChI is InChI=1S/C23H30N4O5S/c1-33(31,32)26(21-9-5-10-22(16-21)27(29)30)14-6-11-23(28)24-17-19-7-4-8-20(15-19)18-25-12-2-3-13-25/h4-5,7-10,15-16H,2-3,6,11-14,17-18H2,1H3,(H,24,28). The second kappa shape index (κ2) is 11.2. The van der Waals surface area contributed by atoms with Crippen molar-refractivity contribution >= 4 is 27.3 Å². The van der Waals surface area contributed by atoms with Crippen LogP contribution in [0.3, 0.4) is 0 Å².